The molecule has 30 heavy (non-hydrogen) atoms. The number of benzene rings is 4. The van der Waals surface area contributed by atoms with E-state index in [-0.39, 0.29) is 6.61 Å². The number of hydrogen-bond acceptors (Lipinski definition) is 4. The first kappa shape index (κ1) is 18.6. The topological polar surface area (TPSA) is 78.4 Å². The van der Waals surface area contributed by atoms with Gasteiger partial charge in [0.15, 0.2) is 0 Å². The number of imidazole rings is 1. The van der Waals surface area contributed by atoms with Gasteiger partial charge in [0.1, 0.15) is 11.6 Å². The molecule has 5 aromatic rings. The Morgan fingerprint density at radius 1 is 0.833 bits per heavy atom. The van der Waals surface area contributed by atoms with Crippen molar-refractivity contribution in [3.63, 3.8) is 0 Å². The molecular weight excluding hydrogens is 376 g/mol. The van der Waals surface area contributed by atoms with Crippen molar-refractivity contribution in [3.8, 4) is 17.1 Å². The van der Waals surface area contributed by atoms with Crippen molar-refractivity contribution in [1.29, 1.82) is 0 Å². The van der Waals surface area contributed by atoms with Crippen LogP contribution in [-0.2, 0) is 0 Å². The van der Waals surface area contributed by atoms with Crippen molar-refractivity contribution in [2.24, 2.45) is 0 Å². The maximum Gasteiger partial charge on any atom is 0.138 e. The van der Waals surface area contributed by atoms with Gasteiger partial charge in [-0.3, -0.25) is 0 Å². The van der Waals surface area contributed by atoms with Gasteiger partial charge in [-0.2, -0.15) is 0 Å². The van der Waals surface area contributed by atoms with Crippen LogP contribution in [0.2, 0.25) is 0 Å². The first-order valence-corrected chi connectivity index (χ1v) is 10.1. The van der Waals surface area contributed by atoms with Crippen molar-refractivity contribution in [1.82, 2.24) is 9.97 Å². The van der Waals surface area contributed by atoms with E-state index >= 15 is 0 Å². The third-order valence-corrected chi connectivity index (χ3v) is 5.43. The summed E-state index contributed by atoms with van der Waals surface area (Å²) in [5.41, 5.74) is 2.98. The molecule has 0 radical (unpaired) electrons. The second-order valence-electron chi connectivity index (χ2n) is 7.40. The van der Waals surface area contributed by atoms with E-state index in [0.29, 0.717) is 13.0 Å². The van der Waals surface area contributed by atoms with Crippen LogP contribution in [0, 0.1) is 0 Å². The van der Waals surface area contributed by atoms with Crippen LogP contribution in [0.5, 0.6) is 5.75 Å². The van der Waals surface area contributed by atoms with Crippen molar-refractivity contribution >= 4 is 32.6 Å². The maximum atomic E-state index is 9.41. The summed E-state index contributed by atoms with van der Waals surface area (Å²) in [4.78, 5) is 8.45. The molecule has 1 atom stereocenters. The Kier molecular flexibility index (Phi) is 4.83. The van der Waals surface area contributed by atoms with Crippen LogP contribution in [-0.4, -0.2) is 39.5 Å². The van der Waals surface area contributed by atoms with Gasteiger partial charge in [-0.15, -0.1) is 0 Å². The van der Waals surface area contributed by atoms with E-state index in [1.54, 1.807) is 0 Å². The molecule has 0 amide bonds. The zero-order chi connectivity index (χ0) is 20.5. The zero-order valence-electron chi connectivity index (χ0n) is 16.4. The van der Waals surface area contributed by atoms with Crippen LogP contribution < -0.4 is 4.74 Å². The molecule has 1 aromatic heterocycles. The Morgan fingerprint density at radius 2 is 1.47 bits per heavy atom. The zero-order valence-corrected chi connectivity index (χ0v) is 16.4. The van der Waals surface area contributed by atoms with Crippen LogP contribution in [0.25, 0.3) is 44.0 Å². The number of aliphatic hydroxyl groups is 2. The van der Waals surface area contributed by atoms with E-state index in [2.05, 4.69) is 47.4 Å². The van der Waals surface area contributed by atoms with Gasteiger partial charge in [0.2, 0.25) is 0 Å². The molecular formula is C25H22N2O3. The summed E-state index contributed by atoms with van der Waals surface area (Å²) in [6, 6.07) is 24.5. The molecule has 0 spiro atoms. The van der Waals surface area contributed by atoms with Gasteiger partial charge < -0.3 is 19.9 Å². The average molecular weight is 398 g/mol. The van der Waals surface area contributed by atoms with Crippen molar-refractivity contribution in [2.75, 3.05) is 13.2 Å². The van der Waals surface area contributed by atoms with Gasteiger partial charge in [0.25, 0.3) is 0 Å². The highest BCUT2D eigenvalue weighted by atomic mass is 16.5. The molecule has 4 aromatic carbocycles. The van der Waals surface area contributed by atoms with E-state index in [4.69, 9.17) is 14.8 Å². The summed E-state index contributed by atoms with van der Waals surface area (Å²) in [5, 5.41) is 23.0. The fraction of sp³-hybridized carbons (Fsp3) is 0.160. The van der Waals surface area contributed by atoms with Gasteiger partial charge in [0.05, 0.1) is 30.4 Å². The Bertz CT molecular complexity index is 1250. The first-order chi connectivity index (χ1) is 14.7. The van der Waals surface area contributed by atoms with E-state index < -0.39 is 6.10 Å². The average Bonchev–Trinajstić information content (AvgIpc) is 3.25. The lowest BCUT2D eigenvalue weighted by molar-refractivity contribution is 0.0754. The summed E-state index contributed by atoms with van der Waals surface area (Å²) in [6.07, 6.45) is -0.355. The van der Waals surface area contributed by atoms with Crippen LogP contribution in [0.3, 0.4) is 0 Å². The second kappa shape index (κ2) is 7.78. The number of rotatable bonds is 6. The van der Waals surface area contributed by atoms with Crippen LogP contribution in [0.1, 0.15) is 6.42 Å². The van der Waals surface area contributed by atoms with Crippen LogP contribution in [0.4, 0.5) is 0 Å². The molecule has 1 unspecified atom stereocenters. The minimum atomic E-state index is -0.746. The molecule has 5 heteroatoms. The Labute approximate surface area is 173 Å². The molecule has 5 nitrogen and oxygen atoms in total. The summed E-state index contributed by atoms with van der Waals surface area (Å²) >= 11 is 0. The third kappa shape index (κ3) is 3.28. The lowest BCUT2D eigenvalue weighted by atomic mass is 10.0. The molecule has 0 aliphatic heterocycles. The molecule has 5 rings (SSSR count). The van der Waals surface area contributed by atoms with Crippen LogP contribution in [0.15, 0.2) is 72.8 Å². The van der Waals surface area contributed by atoms with Crippen molar-refractivity contribution in [2.45, 2.75) is 12.5 Å². The van der Waals surface area contributed by atoms with Gasteiger partial charge >= 0.3 is 0 Å². The number of aromatic nitrogens is 2. The molecule has 0 bridgehead atoms. The Hall–Kier alpha value is -3.41. The summed E-state index contributed by atoms with van der Waals surface area (Å²) in [6.45, 7) is 0.0986. The third-order valence-electron chi connectivity index (χ3n) is 5.43. The number of hydrogen-bond donors (Lipinski definition) is 3. The number of H-pyrrole nitrogens is 1. The minimum Gasteiger partial charge on any atom is -0.493 e. The van der Waals surface area contributed by atoms with Crippen LogP contribution >= 0.6 is 0 Å². The predicted molar refractivity (Wildman–Crippen MR) is 120 cm³/mol. The number of aliphatic hydroxyl groups excluding tert-OH is 2. The highest BCUT2D eigenvalue weighted by Gasteiger charge is 2.13. The molecule has 3 N–H and O–H groups in total. The smallest absolute Gasteiger partial charge is 0.138 e. The summed E-state index contributed by atoms with van der Waals surface area (Å²) in [7, 11) is 0. The highest BCUT2D eigenvalue weighted by molar-refractivity contribution is 6.23. The number of ether oxygens (including phenoxy) is 1. The van der Waals surface area contributed by atoms with E-state index in [0.717, 1.165) is 38.9 Å². The summed E-state index contributed by atoms with van der Waals surface area (Å²) < 4.78 is 5.64. The lowest BCUT2D eigenvalue weighted by Gasteiger charge is -2.09. The van der Waals surface area contributed by atoms with E-state index in [1.807, 2.05) is 30.3 Å². The monoisotopic (exact) mass is 398 g/mol. The molecule has 1 heterocycles. The number of fused-ring (bicyclic) bond motifs is 6. The van der Waals surface area contributed by atoms with E-state index in [1.165, 1.54) is 10.8 Å². The molecule has 0 fully saturated rings. The van der Waals surface area contributed by atoms with Gasteiger partial charge in [0, 0.05) is 22.8 Å². The second-order valence-corrected chi connectivity index (χ2v) is 7.40. The quantitative estimate of drug-likeness (QED) is 0.364. The molecule has 0 aliphatic carbocycles. The molecule has 150 valence electrons. The Balaban J connectivity index is 1.53. The molecule has 0 saturated carbocycles. The van der Waals surface area contributed by atoms with Crippen molar-refractivity contribution < 1.29 is 14.9 Å². The molecule has 0 saturated heterocycles. The standard InChI is InChI=1S/C25H22N2O3/c28-15-17(29)13-14-30-18-11-9-16(10-12-18)25-26-23-21-7-3-1-5-19(21)20-6-2-4-8-22(20)24(23)27-25/h1-12,17,28-29H,13-15H2,(H,26,27). The minimum absolute atomic E-state index is 0.252. The van der Waals surface area contributed by atoms with Gasteiger partial charge in [-0.1, -0.05) is 48.5 Å². The van der Waals surface area contributed by atoms with E-state index in [9.17, 15) is 5.11 Å². The summed E-state index contributed by atoms with van der Waals surface area (Å²) in [5.74, 6) is 1.53. The molecule has 0 aliphatic rings. The van der Waals surface area contributed by atoms with Gasteiger partial charge in [-0.05, 0) is 35.0 Å². The normalized spacial score (nSPS) is 12.6. The Morgan fingerprint density at radius 3 is 2.17 bits per heavy atom. The highest BCUT2D eigenvalue weighted by Crippen LogP contribution is 2.35. The number of aromatic amines is 1. The first-order valence-electron chi connectivity index (χ1n) is 10.1. The number of nitrogens with one attached hydrogen (secondary N) is 1. The number of nitrogens with zero attached hydrogens (tertiary/aromatic N) is 1. The SMILES string of the molecule is OCC(O)CCOc1ccc(-c2nc3c4ccccc4c4ccccc4c3[nH]2)cc1. The fourth-order valence-corrected chi connectivity index (χ4v) is 3.87. The fourth-order valence-electron chi connectivity index (χ4n) is 3.87. The van der Waals surface area contributed by atoms with Crippen molar-refractivity contribution in [3.05, 3.63) is 72.8 Å². The predicted octanol–water partition coefficient (Wildman–Crippen LogP) is 4.66. The van der Waals surface area contributed by atoms with Gasteiger partial charge in [-0.25, -0.2) is 4.98 Å². The lowest BCUT2D eigenvalue weighted by Crippen LogP contribution is -2.15. The maximum absolute atomic E-state index is 9.41. The largest absolute Gasteiger partial charge is 0.493 e.